The van der Waals surface area contributed by atoms with Gasteiger partial charge in [0.05, 0.1) is 11.2 Å². The Hall–Kier alpha value is -3.41. The number of hydrogen-bond donors (Lipinski definition) is 2. The molecule has 2 aromatic carbocycles. The average molecular weight is 376 g/mol. The molecule has 0 spiro atoms. The van der Waals surface area contributed by atoms with Gasteiger partial charge in [-0.25, -0.2) is 0 Å². The summed E-state index contributed by atoms with van der Waals surface area (Å²) in [5, 5.41) is 7.87. The van der Waals surface area contributed by atoms with E-state index in [1.807, 2.05) is 54.6 Å². The van der Waals surface area contributed by atoms with Crippen LogP contribution in [0.3, 0.4) is 0 Å². The summed E-state index contributed by atoms with van der Waals surface area (Å²) in [6, 6.07) is 17.4. The molecule has 0 saturated carbocycles. The second-order valence-electron chi connectivity index (χ2n) is 6.49. The monoisotopic (exact) mass is 376 g/mol. The van der Waals surface area contributed by atoms with Crippen molar-refractivity contribution in [2.45, 2.75) is 33.4 Å². The lowest BCUT2D eigenvalue weighted by Gasteiger charge is -2.16. The summed E-state index contributed by atoms with van der Waals surface area (Å²) in [4.78, 5) is 25.2. The fourth-order valence-corrected chi connectivity index (χ4v) is 3.13. The predicted molar refractivity (Wildman–Crippen MR) is 114 cm³/mol. The van der Waals surface area contributed by atoms with Gasteiger partial charge in [0, 0.05) is 36.7 Å². The van der Waals surface area contributed by atoms with Crippen molar-refractivity contribution in [2.24, 2.45) is 5.10 Å². The van der Waals surface area contributed by atoms with E-state index in [1.54, 1.807) is 24.6 Å². The number of hydrazone groups is 1. The van der Waals surface area contributed by atoms with Crippen molar-refractivity contribution in [3.05, 3.63) is 76.1 Å². The van der Waals surface area contributed by atoms with E-state index in [1.165, 1.54) is 0 Å². The third-order valence-electron chi connectivity index (χ3n) is 4.61. The molecule has 0 aliphatic carbocycles. The molecule has 0 radical (unpaired) electrons. The Bertz CT molecular complexity index is 1060. The van der Waals surface area contributed by atoms with Crippen molar-refractivity contribution in [3.8, 4) is 0 Å². The first-order valence-electron chi connectivity index (χ1n) is 9.28. The molecular formula is C22H24N4O2. The Morgan fingerprint density at radius 1 is 1.11 bits per heavy atom. The highest BCUT2D eigenvalue weighted by Crippen LogP contribution is 2.25. The minimum absolute atomic E-state index is 0.0877. The molecule has 1 aromatic heterocycles. The zero-order valence-electron chi connectivity index (χ0n) is 16.1. The minimum atomic E-state index is -0.122. The van der Waals surface area contributed by atoms with Gasteiger partial charge in [0.1, 0.15) is 0 Å². The number of carbonyl (C=O) groups is 1. The van der Waals surface area contributed by atoms with Crippen LogP contribution >= 0.6 is 0 Å². The van der Waals surface area contributed by atoms with Gasteiger partial charge in [-0.1, -0.05) is 48.5 Å². The molecule has 0 aliphatic heterocycles. The van der Waals surface area contributed by atoms with Crippen molar-refractivity contribution >= 4 is 28.7 Å². The maximum Gasteiger partial charge on any atom is 0.256 e. The van der Waals surface area contributed by atoms with Gasteiger partial charge in [-0.05, 0) is 25.5 Å². The Labute approximate surface area is 163 Å². The molecule has 3 aromatic rings. The number of rotatable bonds is 7. The summed E-state index contributed by atoms with van der Waals surface area (Å²) in [5.74, 6) is -0.0877. The van der Waals surface area contributed by atoms with E-state index in [0.717, 1.165) is 16.5 Å². The highest BCUT2D eigenvalue weighted by Gasteiger charge is 2.14. The van der Waals surface area contributed by atoms with E-state index < -0.39 is 0 Å². The summed E-state index contributed by atoms with van der Waals surface area (Å²) >= 11 is 0. The van der Waals surface area contributed by atoms with Crippen LogP contribution in [0.1, 0.15) is 24.5 Å². The first-order chi connectivity index (χ1) is 13.6. The molecule has 1 heterocycles. The minimum Gasteiger partial charge on any atom is -0.352 e. The Kier molecular flexibility index (Phi) is 6.22. The fourth-order valence-electron chi connectivity index (χ4n) is 3.13. The molecule has 2 N–H and O–H groups in total. The van der Waals surface area contributed by atoms with E-state index >= 15 is 0 Å². The fraction of sp³-hybridized carbons (Fsp3) is 0.227. The second-order valence-corrected chi connectivity index (χ2v) is 6.49. The van der Waals surface area contributed by atoms with Crippen LogP contribution in [-0.4, -0.2) is 16.7 Å². The van der Waals surface area contributed by atoms with Crippen LogP contribution in [-0.2, 0) is 17.9 Å². The maximum absolute atomic E-state index is 12.9. The molecule has 6 nitrogen and oxygen atoms in total. The molecule has 0 unspecified atom stereocenters. The van der Waals surface area contributed by atoms with Crippen molar-refractivity contribution in [1.29, 1.82) is 0 Å². The summed E-state index contributed by atoms with van der Waals surface area (Å²) in [7, 11) is 0. The summed E-state index contributed by atoms with van der Waals surface area (Å²) in [5.41, 5.74) is 5.93. The number of nitrogens with one attached hydrogen (secondary N) is 2. The first-order valence-corrected chi connectivity index (χ1v) is 9.28. The number of amides is 1. The van der Waals surface area contributed by atoms with Crippen LogP contribution in [0.15, 0.2) is 64.5 Å². The zero-order chi connectivity index (χ0) is 19.9. The number of aromatic nitrogens is 1. The zero-order valence-corrected chi connectivity index (χ0v) is 16.1. The lowest BCUT2D eigenvalue weighted by atomic mass is 10.1. The topological polar surface area (TPSA) is 75.5 Å². The van der Waals surface area contributed by atoms with E-state index in [9.17, 15) is 9.59 Å². The Morgan fingerprint density at radius 2 is 1.82 bits per heavy atom. The molecule has 144 valence electrons. The van der Waals surface area contributed by atoms with Gasteiger partial charge in [-0.15, -0.1) is 0 Å². The van der Waals surface area contributed by atoms with E-state index in [4.69, 9.17) is 0 Å². The number of fused-ring (bicyclic) bond motifs is 1. The average Bonchev–Trinajstić information content (AvgIpc) is 2.73. The standard InChI is InChI=1S/C22H24N4O2/c1-3-24-25-21-16(2)22(28)26(19-12-8-7-11-18(19)21)14-13-20(27)23-15-17-9-5-4-6-10-17/h3-12,25H,13-15H2,1-2H3,(H,23,27)/b24-3+. The quantitative estimate of drug-likeness (QED) is 0.490. The van der Waals surface area contributed by atoms with Gasteiger partial charge in [0.15, 0.2) is 0 Å². The highest BCUT2D eigenvalue weighted by molar-refractivity contribution is 5.93. The molecular weight excluding hydrogens is 352 g/mol. The van der Waals surface area contributed by atoms with Crippen molar-refractivity contribution in [1.82, 2.24) is 9.88 Å². The molecule has 0 saturated heterocycles. The van der Waals surface area contributed by atoms with Crippen molar-refractivity contribution < 1.29 is 4.79 Å². The van der Waals surface area contributed by atoms with E-state index in [0.29, 0.717) is 24.3 Å². The van der Waals surface area contributed by atoms with Crippen molar-refractivity contribution in [3.63, 3.8) is 0 Å². The van der Waals surface area contributed by atoms with Crippen LogP contribution in [0, 0.1) is 6.92 Å². The summed E-state index contributed by atoms with van der Waals surface area (Å²) in [6.07, 6.45) is 1.87. The molecule has 0 aliphatic rings. The molecule has 0 fully saturated rings. The van der Waals surface area contributed by atoms with Gasteiger partial charge in [-0.3, -0.25) is 15.0 Å². The Morgan fingerprint density at radius 3 is 2.57 bits per heavy atom. The second kappa shape index (κ2) is 8.99. The van der Waals surface area contributed by atoms with Gasteiger partial charge in [-0.2, -0.15) is 5.10 Å². The molecule has 1 amide bonds. The number of benzene rings is 2. The SMILES string of the molecule is C/C=N/Nc1c(C)c(=O)n(CCC(=O)NCc2ccccc2)c2ccccc12. The van der Waals surface area contributed by atoms with Crippen LogP contribution in [0.5, 0.6) is 0 Å². The smallest absolute Gasteiger partial charge is 0.256 e. The lowest BCUT2D eigenvalue weighted by Crippen LogP contribution is -2.28. The van der Waals surface area contributed by atoms with Crippen LogP contribution in [0.25, 0.3) is 10.9 Å². The number of nitrogens with zero attached hydrogens (tertiary/aromatic N) is 2. The normalized spacial score (nSPS) is 11.1. The van der Waals surface area contributed by atoms with E-state index in [2.05, 4.69) is 15.8 Å². The number of anilines is 1. The largest absolute Gasteiger partial charge is 0.352 e. The van der Waals surface area contributed by atoms with Crippen molar-refractivity contribution in [2.75, 3.05) is 5.43 Å². The lowest BCUT2D eigenvalue weighted by molar-refractivity contribution is -0.121. The molecule has 6 heteroatoms. The summed E-state index contributed by atoms with van der Waals surface area (Å²) in [6.45, 7) is 4.37. The predicted octanol–water partition coefficient (Wildman–Crippen LogP) is 3.43. The van der Waals surface area contributed by atoms with Gasteiger partial charge >= 0.3 is 0 Å². The number of carbonyl (C=O) groups excluding carboxylic acids is 1. The molecule has 28 heavy (non-hydrogen) atoms. The van der Waals surface area contributed by atoms with Crippen LogP contribution in [0.2, 0.25) is 0 Å². The number of aryl methyl sites for hydroxylation is 1. The van der Waals surface area contributed by atoms with Gasteiger partial charge in [0.25, 0.3) is 5.56 Å². The van der Waals surface area contributed by atoms with E-state index in [-0.39, 0.29) is 17.9 Å². The van der Waals surface area contributed by atoms with Gasteiger partial charge < -0.3 is 9.88 Å². The van der Waals surface area contributed by atoms with Crippen LogP contribution in [0.4, 0.5) is 5.69 Å². The number of para-hydroxylation sites is 1. The van der Waals surface area contributed by atoms with Gasteiger partial charge in [0.2, 0.25) is 5.91 Å². The first kappa shape index (κ1) is 19.4. The Balaban J connectivity index is 1.80. The number of pyridine rings is 1. The molecule has 0 atom stereocenters. The van der Waals surface area contributed by atoms with Crippen LogP contribution < -0.4 is 16.3 Å². The highest BCUT2D eigenvalue weighted by atomic mass is 16.1. The number of hydrogen-bond acceptors (Lipinski definition) is 4. The molecule has 0 bridgehead atoms. The third kappa shape index (κ3) is 4.28. The molecule has 3 rings (SSSR count). The summed E-state index contributed by atoms with van der Waals surface area (Å²) < 4.78 is 1.66. The maximum atomic E-state index is 12.9. The third-order valence-corrected chi connectivity index (χ3v) is 4.61.